The molecule has 280 valence electrons. The molecule has 1 N–H and O–H groups in total. The summed E-state index contributed by atoms with van der Waals surface area (Å²) in [5.74, 6) is -0.838. The maximum Gasteiger partial charge on any atom is 0.305 e. The molecule has 2 aromatic carbocycles. The number of hydrogen-bond donors (Lipinski definition) is 1. The van der Waals surface area contributed by atoms with Gasteiger partial charge in [0.15, 0.2) is 8.32 Å². The second kappa shape index (κ2) is 17.8. The van der Waals surface area contributed by atoms with Crippen molar-refractivity contribution in [3.8, 4) is 0 Å². The lowest BCUT2D eigenvalue weighted by Gasteiger charge is -2.47. The number of ether oxygens (including phenoxy) is 1. The van der Waals surface area contributed by atoms with Gasteiger partial charge in [-0.15, -0.1) is 6.58 Å². The van der Waals surface area contributed by atoms with Gasteiger partial charge in [0.1, 0.15) is 0 Å². The molecule has 0 radical (unpaired) electrons. The molecule has 0 aromatic heterocycles. The molecule has 1 fully saturated rings. The number of carboxylic acid groups (broad SMARTS) is 1. The van der Waals surface area contributed by atoms with Gasteiger partial charge in [-0.2, -0.15) is 0 Å². The highest BCUT2D eigenvalue weighted by Gasteiger charge is 2.52. The summed E-state index contributed by atoms with van der Waals surface area (Å²) >= 11 is 0. The van der Waals surface area contributed by atoms with Crippen LogP contribution in [0.4, 0.5) is 0 Å². The monoisotopic (exact) mass is 738 g/mol. The SMILES string of the molecule is C=C(C[C@@H](C[C@@H]1O[C@H](C[C@H](CC(=O)O)O[Si](c2ccccc2)(c2ccccc2)C(C)(C)C)CCC1(C)C)O[Si](CC)(CC)CC)C[Si](C)(C)C. The first-order chi connectivity index (χ1) is 23.3. The van der Waals surface area contributed by atoms with Crippen molar-refractivity contribution in [2.45, 2.75) is 167 Å². The highest BCUT2D eigenvalue weighted by molar-refractivity contribution is 6.99. The minimum atomic E-state index is -2.95. The molecule has 50 heavy (non-hydrogen) atoms. The van der Waals surface area contributed by atoms with Crippen LogP contribution in [0.3, 0.4) is 0 Å². The lowest BCUT2D eigenvalue weighted by Crippen LogP contribution is -2.68. The standard InChI is InChI=1S/C42H70O5Si3/c1-13-49(14-2,15-3)46-35(28-33(4)32-48(10,11)12)30-39-42(8,9)27-26-34(45-39)29-36(31-40(43)44)47-50(41(5,6)7,37-22-18-16-19-23-37)38-24-20-17-21-25-38/h16-25,34-36,39H,4,13-15,26-32H2,1-3,5-12H3,(H,43,44)/t34-,35-,36+,39-/m0/s1. The Morgan fingerprint density at radius 1 is 0.880 bits per heavy atom. The fourth-order valence-corrected chi connectivity index (χ4v) is 17.5. The first kappa shape index (κ1) is 42.6. The van der Waals surface area contributed by atoms with Gasteiger partial charge in [0.05, 0.1) is 30.8 Å². The van der Waals surface area contributed by atoms with Crippen molar-refractivity contribution in [1.29, 1.82) is 0 Å². The van der Waals surface area contributed by atoms with E-state index in [-0.39, 0.29) is 35.2 Å². The number of carboxylic acids is 1. The zero-order chi connectivity index (χ0) is 37.4. The van der Waals surface area contributed by atoms with Gasteiger partial charge in [-0.25, -0.2) is 0 Å². The Hall–Kier alpha value is -1.82. The Morgan fingerprint density at radius 2 is 1.38 bits per heavy atom. The summed E-state index contributed by atoms with van der Waals surface area (Å²) in [5, 5.41) is 12.3. The molecule has 8 heteroatoms. The Labute approximate surface area is 308 Å². The van der Waals surface area contributed by atoms with Gasteiger partial charge >= 0.3 is 5.97 Å². The fraction of sp³-hybridized carbons (Fsp3) is 0.643. The molecule has 0 bridgehead atoms. The van der Waals surface area contributed by atoms with Gasteiger partial charge in [0.2, 0.25) is 0 Å². The third-order valence-electron chi connectivity index (χ3n) is 11.2. The van der Waals surface area contributed by atoms with E-state index < -0.39 is 36.8 Å². The van der Waals surface area contributed by atoms with E-state index in [1.54, 1.807) is 0 Å². The van der Waals surface area contributed by atoms with Crippen LogP contribution in [-0.2, 0) is 18.4 Å². The van der Waals surface area contributed by atoms with E-state index in [4.69, 9.17) is 13.6 Å². The molecule has 3 rings (SSSR count). The van der Waals surface area contributed by atoms with Crippen LogP contribution in [0.15, 0.2) is 72.8 Å². The number of rotatable bonds is 19. The van der Waals surface area contributed by atoms with E-state index in [0.29, 0.717) is 6.42 Å². The first-order valence-electron chi connectivity index (χ1n) is 19.3. The van der Waals surface area contributed by atoms with Crippen LogP contribution in [0, 0.1) is 5.41 Å². The van der Waals surface area contributed by atoms with Gasteiger partial charge in [-0.05, 0) is 77.1 Å². The molecule has 5 nitrogen and oxygen atoms in total. The lowest BCUT2D eigenvalue weighted by molar-refractivity contribution is -0.146. The summed E-state index contributed by atoms with van der Waals surface area (Å²) in [4.78, 5) is 12.5. The van der Waals surface area contributed by atoms with Gasteiger partial charge in [0.25, 0.3) is 8.32 Å². The predicted octanol–water partition coefficient (Wildman–Crippen LogP) is 10.4. The molecular weight excluding hydrogens is 669 g/mol. The van der Waals surface area contributed by atoms with Crippen molar-refractivity contribution < 1.29 is 23.5 Å². The number of aliphatic carboxylic acids is 1. The van der Waals surface area contributed by atoms with Crippen LogP contribution in [0.2, 0.25) is 48.9 Å². The quantitative estimate of drug-likeness (QED) is 0.115. The van der Waals surface area contributed by atoms with Crippen molar-refractivity contribution in [1.82, 2.24) is 0 Å². The summed E-state index contributed by atoms with van der Waals surface area (Å²) in [5.41, 5.74) is 1.29. The average molecular weight is 739 g/mol. The molecule has 1 heterocycles. The Kier molecular flexibility index (Phi) is 15.2. The average Bonchev–Trinajstić information content (AvgIpc) is 3.03. The summed E-state index contributed by atoms with van der Waals surface area (Å²) in [6, 6.07) is 25.5. The largest absolute Gasteiger partial charge is 0.481 e. The van der Waals surface area contributed by atoms with Crippen molar-refractivity contribution in [3.63, 3.8) is 0 Å². The van der Waals surface area contributed by atoms with Gasteiger partial charge in [-0.3, -0.25) is 4.79 Å². The summed E-state index contributed by atoms with van der Waals surface area (Å²) in [7, 11) is -6.14. The minimum Gasteiger partial charge on any atom is -0.481 e. The van der Waals surface area contributed by atoms with E-state index in [1.165, 1.54) is 5.57 Å². The van der Waals surface area contributed by atoms with E-state index in [2.05, 4.69) is 130 Å². The normalized spacial score (nSPS) is 19.9. The molecule has 1 aliphatic rings. The van der Waals surface area contributed by atoms with E-state index >= 15 is 0 Å². The van der Waals surface area contributed by atoms with Crippen molar-refractivity contribution in [2.24, 2.45) is 5.41 Å². The molecule has 0 aliphatic carbocycles. The molecule has 4 atom stereocenters. The molecule has 1 aliphatic heterocycles. The molecule has 0 amide bonds. The number of benzene rings is 2. The van der Waals surface area contributed by atoms with Crippen molar-refractivity contribution in [3.05, 3.63) is 72.8 Å². The summed E-state index contributed by atoms with van der Waals surface area (Å²) in [6.45, 7) is 30.1. The minimum absolute atomic E-state index is 0.00143. The van der Waals surface area contributed by atoms with Gasteiger partial charge in [0, 0.05) is 8.07 Å². The van der Waals surface area contributed by atoms with Crippen LogP contribution in [0.5, 0.6) is 0 Å². The Balaban J connectivity index is 1.96. The molecule has 1 saturated heterocycles. The Morgan fingerprint density at radius 3 is 1.82 bits per heavy atom. The fourth-order valence-electron chi connectivity index (χ4n) is 8.24. The van der Waals surface area contributed by atoms with Crippen LogP contribution in [-0.4, -0.2) is 60.2 Å². The van der Waals surface area contributed by atoms with Crippen LogP contribution in [0.1, 0.15) is 93.9 Å². The van der Waals surface area contributed by atoms with E-state index in [1.807, 2.05) is 12.1 Å². The molecule has 0 saturated carbocycles. The maximum absolute atomic E-state index is 12.5. The van der Waals surface area contributed by atoms with Crippen LogP contribution >= 0.6 is 0 Å². The first-order valence-corrected chi connectivity index (χ1v) is 27.4. The molecule has 0 spiro atoms. The van der Waals surface area contributed by atoms with Crippen molar-refractivity contribution >= 4 is 41.1 Å². The Bertz CT molecular complexity index is 1300. The maximum atomic E-state index is 12.5. The van der Waals surface area contributed by atoms with Gasteiger partial charge < -0.3 is 18.7 Å². The zero-order valence-electron chi connectivity index (χ0n) is 33.4. The molecule has 2 aromatic rings. The van der Waals surface area contributed by atoms with E-state index in [9.17, 15) is 9.90 Å². The smallest absolute Gasteiger partial charge is 0.305 e. The van der Waals surface area contributed by atoms with Crippen molar-refractivity contribution in [2.75, 3.05) is 0 Å². The highest BCUT2D eigenvalue weighted by atomic mass is 28.4. The number of carbonyl (C=O) groups is 1. The second-order valence-electron chi connectivity index (χ2n) is 17.9. The third kappa shape index (κ3) is 11.3. The summed E-state index contributed by atoms with van der Waals surface area (Å²) < 4.78 is 21.8. The van der Waals surface area contributed by atoms with Crippen LogP contribution in [0.25, 0.3) is 0 Å². The van der Waals surface area contributed by atoms with E-state index in [0.717, 1.165) is 60.2 Å². The third-order valence-corrected chi connectivity index (χ3v) is 22.5. The second-order valence-corrected chi connectivity index (χ2v) is 32.4. The molecular formula is C42H70O5Si3. The zero-order valence-corrected chi connectivity index (χ0v) is 36.4. The van der Waals surface area contributed by atoms with Crippen LogP contribution < -0.4 is 10.4 Å². The summed E-state index contributed by atoms with van der Waals surface area (Å²) in [6.07, 6.45) is 3.62. The lowest BCUT2D eigenvalue weighted by atomic mass is 9.75. The number of hydrogen-bond acceptors (Lipinski definition) is 4. The van der Waals surface area contributed by atoms with Gasteiger partial charge in [-0.1, -0.05) is 141 Å². The highest BCUT2D eigenvalue weighted by Crippen LogP contribution is 2.43. The topological polar surface area (TPSA) is 65.0 Å². The predicted molar refractivity (Wildman–Crippen MR) is 220 cm³/mol. The molecule has 0 unspecified atom stereocenters.